The molecule has 3 aromatic rings. The molecular weight excluding hydrogens is 626 g/mol. The van der Waals surface area contributed by atoms with E-state index in [1.54, 1.807) is 18.2 Å². The van der Waals surface area contributed by atoms with Gasteiger partial charge in [-0.15, -0.1) is 0 Å². The van der Waals surface area contributed by atoms with E-state index >= 15 is 0 Å². The second-order valence-electron chi connectivity index (χ2n) is 13.4. The maximum absolute atomic E-state index is 14.0. The fraction of sp³-hybridized carbons (Fsp3) is 0.469. The minimum Gasteiger partial charge on any atom is -0.496 e. The number of rotatable bonds is 16. The minimum absolute atomic E-state index is 0.00304. The molecule has 0 fully saturated rings. The van der Waals surface area contributed by atoms with Gasteiger partial charge in [0.15, 0.2) is 11.7 Å². The summed E-state index contributed by atoms with van der Waals surface area (Å²) in [6.07, 6.45) is 0. The number of Topliss-reactive ketones (excluding diaryl/α,β-unsaturated/α-hetero) is 1. The van der Waals surface area contributed by atoms with Crippen molar-refractivity contribution in [3.05, 3.63) is 63.3 Å². The van der Waals surface area contributed by atoms with E-state index in [-0.39, 0.29) is 42.4 Å². The lowest BCUT2D eigenvalue weighted by atomic mass is 9.97. The predicted octanol–water partition coefficient (Wildman–Crippen LogP) is 5.35. The summed E-state index contributed by atoms with van der Waals surface area (Å²) in [5.41, 5.74) is 0.378. The number of aromatic nitrogens is 2. The Hall–Kier alpha value is -4.09. The fourth-order valence-corrected chi connectivity index (χ4v) is 6.13. The van der Waals surface area contributed by atoms with Gasteiger partial charge in [-0.25, -0.2) is 9.18 Å². The van der Waals surface area contributed by atoms with Gasteiger partial charge in [-0.05, 0) is 41.9 Å². The van der Waals surface area contributed by atoms with Crippen LogP contribution in [-0.4, -0.2) is 57.3 Å². The molecule has 0 aliphatic rings. The number of hydrogen-bond donors (Lipinski definition) is 1. The van der Waals surface area contributed by atoms with Crippen LogP contribution in [0, 0.1) is 34.4 Å². The molecule has 1 aromatic heterocycles. The van der Waals surface area contributed by atoms with Gasteiger partial charge < -0.3 is 19.5 Å². The number of halogens is 1. The maximum Gasteiger partial charge on any atom is 0.332 e. The first-order valence-corrected chi connectivity index (χ1v) is 22.4. The summed E-state index contributed by atoms with van der Waals surface area (Å²) in [6, 6.07) is 11.7. The van der Waals surface area contributed by atoms with Crippen LogP contribution < -0.4 is 15.7 Å². The molecule has 46 heavy (non-hydrogen) atoms. The highest BCUT2D eigenvalue weighted by atomic mass is 28.3. The molecule has 0 spiro atoms. The van der Waals surface area contributed by atoms with E-state index in [2.05, 4.69) is 44.6 Å². The van der Waals surface area contributed by atoms with Gasteiger partial charge in [0, 0.05) is 41.5 Å². The number of fused-ring (bicyclic) bond motifs is 1. The van der Waals surface area contributed by atoms with Gasteiger partial charge >= 0.3 is 5.69 Å². The number of ether oxygens (including phenoxy) is 3. The van der Waals surface area contributed by atoms with Crippen molar-refractivity contribution in [1.82, 2.24) is 14.5 Å². The largest absolute Gasteiger partial charge is 0.496 e. The molecule has 0 aliphatic carbocycles. The Labute approximate surface area is 270 Å². The molecule has 0 aliphatic heterocycles. The molecule has 0 radical (unpaired) electrons. The fourth-order valence-electron chi connectivity index (χ4n) is 4.61. The Morgan fingerprint density at radius 1 is 0.891 bits per heavy atom. The van der Waals surface area contributed by atoms with Gasteiger partial charge in [-0.1, -0.05) is 45.3 Å². The molecule has 14 heteroatoms. The van der Waals surface area contributed by atoms with Gasteiger partial charge in [0.1, 0.15) is 25.0 Å². The van der Waals surface area contributed by atoms with E-state index in [0.29, 0.717) is 24.3 Å². The lowest BCUT2D eigenvalue weighted by Crippen LogP contribution is -2.28. The molecule has 1 N–H and O–H groups in total. The molecule has 2 aromatic carbocycles. The molecule has 0 bridgehead atoms. The Morgan fingerprint density at radius 3 is 1.98 bits per heavy atom. The Kier molecular flexibility index (Phi) is 12.2. The van der Waals surface area contributed by atoms with E-state index in [1.807, 2.05) is 0 Å². The third-order valence-corrected chi connectivity index (χ3v) is 10.7. The van der Waals surface area contributed by atoms with E-state index < -0.39 is 45.3 Å². The third kappa shape index (κ3) is 9.23. The lowest BCUT2D eigenvalue weighted by Gasteiger charge is -2.16. The molecule has 246 valence electrons. The van der Waals surface area contributed by atoms with Crippen LogP contribution in [-0.2, 0) is 29.5 Å². The normalized spacial score (nSPS) is 11.8. The van der Waals surface area contributed by atoms with Crippen LogP contribution in [0.3, 0.4) is 0 Å². The average Bonchev–Trinajstić information content (AvgIpc) is 3.26. The molecule has 0 saturated carbocycles. The summed E-state index contributed by atoms with van der Waals surface area (Å²) in [5.74, 6) is -3.41. The zero-order valence-corrected chi connectivity index (χ0v) is 29.5. The quantitative estimate of drug-likeness (QED) is 0.122. The molecular formula is C32H42FN5O6Si2. The molecule has 0 atom stereocenters. The molecule has 3 rings (SSSR count). The smallest absolute Gasteiger partial charge is 0.332 e. The van der Waals surface area contributed by atoms with Crippen LogP contribution >= 0.6 is 0 Å². The van der Waals surface area contributed by atoms with Crippen LogP contribution in [0.15, 0.2) is 35.1 Å². The van der Waals surface area contributed by atoms with Crippen molar-refractivity contribution < 1.29 is 28.2 Å². The SMILES string of the molecule is COc1ccc(F)cc1C(=O)NCc1ccc(C(=O)C(C#N)C#N)c2c1n(COCC[Si](C)(C)C)c(=O)n2COCC[Si](C)(C)C. The third-order valence-electron chi connectivity index (χ3n) is 7.30. The first kappa shape index (κ1) is 36.4. The Bertz CT molecular complexity index is 1710. The number of carbonyl (C=O) groups excluding carboxylic acids is 2. The highest BCUT2D eigenvalue weighted by molar-refractivity contribution is 6.76. The number of nitrogens with zero attached hydrogens (tertiary/aromatic N) is 4. The first-order chi connectivity index (χ1) is 21.6. The van der Waals surface area contributed by atoms with E-state index in [1.165, 1.54) is 34.4 Å². The zero-order chi connectivity index (χ0) is 34.2. The summed E-state index contributed by atoms with van der Waals surface area (Å²) < 4.78 is 33.8. The van der Waals surface area contributed by atoms with E-state index in [0.717, 1.165) is 18.2 Å². The zero-order valence-electron chi connectivity index (χ0n) is 27.5. The van der Waals surface area contributed by atoms with Crippen LogP contribution in [0.2, 0.25) is 51.4 Å². The van der Waals surface area contributed by atoms with Crippen LogP contribution in [0.25, 0.3) is 11.0 Å². The summed E-state index contributed by atoms with van der Waals surface area (Å²) in [6.45, 7) is 13.6. The van der Waals surface area contributed by atoms with Crippen molar-refractivity contribution in [2.24, 2.45) is 5.92 Å². The van der Waals surface area contributed by atoms with Crippen LogP contribution in [0.1, 0.15) is 26.3 Å². The Balaban J connectivity index is 2.16. The topological polar surface area (TPSA) is 148 Å². The van der Waals surface area contributed by atoms with Crippen molar-refractivity contribution in [3.63, 3.8) is 0 Å². The van der Waals surface area contributed by atoms with Crippen molar-refractivity contribution >= 4 is 38.9 Å². The number of benzene rings is 2. The molecule has 0 saturated heterocycles. The number of hydrogen-bond acceptors (Lipinski definition) is 8. The summed E-state index contributed by atoms with van der Waals surface area (Å²) >= 11 is 0. The lowest BCUT2D eigenvalue weighted by molar-refractivity contribution is 0.0754. The Morgan fingerprint density at radius 2 is 1.46 bits per heavy atom. The molecule has 1 amide bonds. The molecule has 0 unspecified atom stereocenters. The van der Waals surface area contributed by atoms with Gasteiger partial charge in [-0.3, -0.25) is 18.7 Å². The predicted molar refractivity (Wildman–Crippen MR) is 178 cm³/mol. The van der Waals surface area contributed by atoms with Crippen molar-refractivity contribution in [3.8, 4) is 17.9 Å². The van der Waals surface area contributed by atoms with Crippen LogP contribution in [0.5, 0.6) is 5.75 Å². The van der Waals surface area contributed by atoms with E-state index in [9.17, 15) is 29.3 Å². The summed E-state index contributed by atoms with van der Waals surface area (Å²) in [4.78, 5) is 40.6. The number of ketones is 1. The molecule has 1 heterocycles. The number of methoxy groups -OCH3 is 1. The summed E-state index contributed by atoms with van der Waals surface area (Å²) in [5, 5.41) is 21.8. The van der Waals surface area contributed by atoms with Crippen molar-refractivity contribution in [1.29, 1.82) is 10.5 Å². The second kappa shape index (κ2) is 15.5. The van der Waals surface area contributed by atoms with Crippen molar-refractivity contribution in [2.75, 3.05) is 20.3 Å². The second-order valence-corrected chi connectivity index (χ2v) is 24.6. The van der Waals surface area contributed by atoms with E-state index in [4.69, 9.17) is 14.2 Å². The number of nitriles is 2. The number of carbonyl (C=O) groups is 2. The van der Waals surface area contributed by atoms with Gasteiger partial charge in [-0.2, -0.15) is 10.5 Å². The van der Waals surface area contributed by atoms with Gasteiger partial charge in [0.25, 0.3) is 5.91 Å². The number of amides is 1. The maximum atomic E-state index is 14.0. The highest BCUT2D eigenvalue weighted by Gasteiger charge is 2.28. The first-order valence-electron chi connectivity index (χ1n) is 15.0. The highest BCUT2D eigenvalue weighted by Crippen LogP contribution is 2.27. The monoisotopic (exact) mass is 667 g/mol. The van der Waals surface area contributed by atoms with Gasteiger partial charge in [0.2, 0.25) is 0 Å². The molecule has 11 nitrogen and oxygen atoms in total. The van der Waals surface area contributed by atoms with Crippen molar-refractivity contribution in [2.45, 2.75) is 71.4 Å². The number of nitrogens with one attached hydrogen (secondary N) is 1. The van der Waals surface area contributed by atoms with Gasteiger partial charge in [0.05, 0.1) is 35.8 Å². The average molecular weight is 668 g/mol. The number of imidazole rings is 1. The minimum atomic E-state index is -1.60. The summed E-state index contributed by atoms with van der Waals surface area (Å²) in [7, 11) is -1.53. The standard InChI is InChI=1S/C32H42FN5O6Si2/c1-42-27-11-9-24(33)16-26(27)31(40)36-19-22-8-10-25(30(39)23(17-34)18-35)29-28(22)37(20-43-12-14-45(2,3)4)32(41)38(29)21-44-13-15-46(5,6)7/h8-11,16,23H,12-15,19-21H2,1-7H3,(H,36,40). The van der Waals surface area contributed by atoms with Crippen LogP contribution in [0.4, 0.5) is 4.39 Å².